The third-order valence-electron chi connectivity index (χ3n) is 3.11. The quantitative estimate of drug-likeness (QED) is 0.803. The molecule has 100 valence electrons. The molecule has 1 aromatic carbocycles. The fourth-order valence-corrected chi connectivity index (χ4v) is 1.70. The predicted molar refractivity (Wildman–Crippen MR) is 73.2 cm³/mol. The predicted octanol–water partition coefficient (Wildman–Crippen LogP) is 2.85. The molecule has 0 atom stereocenters. The monoisotopic (exact) mass is 249 g/mol. The second-order valence-electron chi connectivity index (χ2n) is 5.23. The number of nitrogens with zero attached hydrogens (tertiary/aromatic N) is 1. The minimum absolute atomic E-state index is 0.0175. The van der Waals surface area contributed by atoms with Gasteiger partial charge in [0, 0.05) is 19.7 Å². The van der Waals surface area contributed by atoms with Crippen molar-refractivity contribution in [3.63, 3.8) is 0 Å². The molecule has 0 fully saturated rings. The Balaban J connectivity index is 2.88. The molecule has 1 amide bonds. The van der Waals surface area contributed by atoms with Gasteiger partial charge in [-0.25, -0.2) is 0 Å². The van der Waals surface area contributed by atoms with E-state index in [9.17, 15) is 4.79 Å². The second kappa shape index (κ2) is 6.01. The van der Waals surface area contributed by atoms with Gasteiger partial charge < -0.3 is 9.64 Å². The Kier molecular flexibility index (Phi) is 4.91. The largest absolute Gasteiger partial charge is 0.369 e. The average Bonchev–Trinajstić information content (AvgIpc) is 2.36. The van der Waals surface area contributed by atoms with Crippen molar-refractivity contribution in [1.29, 1.82) is 0 Å². The van der Waals surface area contributed by atoms with Crippen molar-refractivity contribution in [3.8, 4) is 0 Å². The summed E-state index contributed by atoms with van der Waals surface area (Å²) in [5.41, 5.74) is 0.352. The van der Waals surface area contributed by atoms with Crippen LogP contribution in [0.5, 0.6) is 0 Å². The summed E-state index contributed by atoms with van der Waals surface area (Å²) in [7, 11) is 1.57. The van der Waals surface area contributed by atoms with Crippen LogP contribution in [0.2, 0.25) is 0 Å². The zero-order valence-electron chi connectivity index (χ0n) is 11.9. The Hall–Kier alpha value is -1.35. The van der Waals surface area contributed by atoms with E-state index in [4.69, 9.17) is 4.74 Å². The SMILES string of the molecule is COC(C)(C)C(=O)N(Cc1ccccc1)C(C)C. The Morgan fingerprint density at radius 2 is 1.83 bits per heavy atom. The molecule has 0 spiro atoms. The van der Waals surface area contributed by atoms with Gasteiger partial charge in [-0.3, -0.25) is 4.79 Å². The van der Waals surface area contributed by atoms with Crippen molar-refractivity contribution in [2.75, 3.05) is 7.11 Å². The summed E-state index contributed by atoms with van der Waals surface area (Å²) in [4.78, 5) is 14.3. The first kappa shape index (κ1) is 14.7. The summed E-state index contributed by atoms with van der Waals surface area (Å²) in [5.74, 6) is 0.0175. The molecule has 0 aliphatic carbocycles. The van der Waals surface area contributed by atoms with Crippen LogP contribution in [0.1, 0.15) is 33.3 Å². The number of hydrogen-bond donors (Lipinski definition) is 0. The Labute approximate surface area is 110 Å². The highest BCUT2D eigenvalue weighted by atomic mass is 16.5. The molecule has 3 nitrogen and oxygen atoms in total. The van der Waals surface area contributed by atoms with E-state index in [0.29, 0.717) is 6.54 Å². The topological polar surface area (TPSA) is 29.5 Å². The first-order valence-electron chi connectivity index (χ1n) is 6.28. The van der Waals surface area contributed by atoms with Crippen LogP contribution in [0.4, 0.5) is 0 Å². The van der Waals surface area contributed by atoms with Crippen LogP contribution in [0.15, 0.2) is 30.3 Å². The lowest BCUT2D eigenvalue weighted by atomic mass is 10.1. The van der Waals surface area contributed by atoms with Crippen LogP contribution < -0.4 is 0 Å². The molecule has 0 heterocycles. The molecular weight excluding hydrogens is 226 g/mol. The maximum absolute atomic E-state index is 12.4. The van der Waals surface area contributed by atoms with Crippen LogP contribution in [-0.2, 0) is 16.1 Å². The highest BCUT2D eigenvalue weighted by molar-refractivity contribution is 5.84. The van der Waals surface area contributed by atoms with Crippen molar-refractivity contribution in [2.24, 2.45) is 0 Å². The Bertz CT molecular complexity index is 385. The summed E-state index contributed by atoms with van der Waals surface area (Å²) < 4.78 is 5.28. The molecular formula is C15H23NO2. The van der Waals surface area contributed by atoms with Gasteiger partial charge in [-0.15, -0.1) is 0 Å². The number of amides is 1. The molecule has 18 heavy (non-hydrogen) atoms. The molecule has 1 rings (SSSR count). The Morgan fingerprint density at radius 3 is 2.28 bits per heavy atom. The highest BCUT2D eigenvalue weighted by Crippen LogP contribution is 2.17. The normalized spacial score (nSPS) is 11.7. The van der Waals surface area contributed by atoms with Crippen LogP contribution in [0.3, 0.4) is 0 Å². The van der Waals surface area contributed by atoms with Crippen molar-refractivity contribution in [1.82, 2.24) is 4.90 Å². The highest BCUT2D eigenvalue weighted by Gasteiger charge is 2.33. The molecule has 1 aromatic rings. The number of hydrogen-bond acceptors (Lipinski definition) is 2. The zero-order valence-corrected chi connectivity index (χ0v) is 11.9. The lowest BCUT2D eigenvalue weighted by molar-refractivity contribution is -0.153. The van der Waals surface area contributed by atoms with E-state index in [2.05, 4.69) is 0 Å². The van der Waals surface area contributed by atoms with Gasteiger partial charge in [0.25, 0.3) is 5.91 Å². The minimum atomic E-state index is -0.779. The fraction of sp³-hybridized carbons (Fsp3) is 0.533. The van der Waals surface area contributed by atoms with E-state index in [1.807, 2.05) is 49.1 Å². The first-order chi connectivity index (χ1) is 8.38. The van der Waals surface area contributed by atoms with Gasteiger partial charge in [0.15, 0.2) is 0 Å². The van der Waals surface area contributed by atoms with E-state index in [1.165, 1.54) is 0 Å². The van der Waals surface area contributed by atoms with Gasteiger partial charge in [-0.05, 0) is 33.3 Å². The van der Waals surface area contributed by atoms with Crippen molar-refractivity contribution < 1.29 is 9.53 Å². The molecule has 0 unspecified atom stereocenters. The van der Waals surface area contributed by atoms with Gasteiger partial charge in [-0.1, -0.05) is 30.3 Å². The van der Waals surface area contributed by atoms with Gasteiger partial charge >= 0.3 is 0 Å². The number of rotatable bonds is 5. The molecule has 0 aliphatic heterocycles. The van der Waals surface area contributed by atoms with E-state index < -0.39 is 5.60 Å². The third kappa shape index (κ3) is 3.57. The molecule has 0 bridgehead atoms. The van der Waals surface area contributed by atoms with Crippen LogP contribution in [-0.4, -0.2) is 29.6 Å². The van der Waals surface area contributed by atoms with E-state index in [0.717, 1.165) is 5.56 Å². The standard InChI is InChI=1S/C15H23NO2/c1-12(2)16(14(17)15(3,4)18-5)11-13-9-7-6-8-10-13/h6-10,12H,11H2,1-5H3. The van der Waals surface area contributed by atoms with Gasteiger partial charge in [-0.2, -0.15) is 0 Å². The average molecular weight is 249 g/mol. The maximum Gasteiger partial charge on any atom is 0.254 e. The third-order valence-corrected chi connectivity index (χ3v) is 3.11. The molecule has 0 saturated carbocycles. The smallest absolute Gasteiger partial charge is 0.254 e. The summed E-state index contributed by atoms with van der Waals surface area (Å²) >= 11 is 0. The molecule has 3 heteroatoms. The second-order valence-corrected chi connectivity index (χ2v) is 5.23. The van der Waals surface area contributed by atoms with Gasteiger partial charge in [0.2, 0.25) is 0 Å². The van der Waals surface area contributed by atoms with Gasteiger partial charge in [0.1, 0.15) is 5.60 Å². The van der Waals surface area contributed by atoms with Crippen molar-refractivity contribution in [2.45, 2.75) is 45.9 Å². The van der Waals surface area contributed by atoms with Crippen LogP contribution >= 0.6 is 0 Å². The first-order valence-corrected chi connectivity index (χ1v) is 6.28. The van der Waals surface area contributed by atoms with Crippen LogP contribution in [0, 0.1) is 0 Å². The summed E-state index contributed by atoms with van der Waals surface area (Å²) in [5, 5.41) is 0. The molecule has 0 saturated heterocycles. The number of ether oxygens (including phenoxy) is 1. The summed E-state index contributed by atoms with van der Waals surface area (Å²) in [6.45, 7) is 8.26. The van der Waals surface area contributed by atoms with E-state index >= 15 is 0 Å². The number of benzene rings is 1. The summed E-state index contributed by atoms with van der Waals surface area (Å²) in [6, 6.07) is 10.2. The van der Waals surface area contributed by atoms with Crippen molar-refractivity contribution in [3.05, 3.63) is 35.9 Å². The lowest BCUT2D eigenvalue weighted by Crippen LogP contribution is -2.48. The Morgan fingerprint density at radius 1 is 1.28 bits per heavy atom. The lowest BCUT2D eigenvalue weighted by Gasteiger charge is -2.34. The van der Waals surface area contributed by atoms with Gasteiger partial charge in [0.05, 0.1) is 0 Å². The molecule has 0 aromatic heterocycles. The number of carbonyl (C=O) groups is 1. The zero-order chi connectivity index (χ0) is 13.8. The number of methoxy groups -OCH3 is 1. The van der Waals surface area contributed by atoms with Crippen LogP contribution in [0.25, 0.3) is 0 Å². The molecule has 0 radical (unpaired) electrons. The van der Waals surface area contributed by atoms with E-state index in [-0.39, 0.29) is 11.9 Å². The molecule has 0 aliphatic rings. The minimum Gasteiger partial charge on any atom is -0.369 e. The maximum atomic E-state index is 12.4. The van der Waals surface area contributed by atoms with Crippen molar-refractivity contribution >= 4 is 5.91 Å². The molecule has 0 N–H and O–H groups in total. The summed E-state index contributed by atoms with van der Waals surface area (Å²) in [6.07, 6.45) is 0. The fourth-order valence-electron chi connectivity index (χ4n) is 1.70. The van der Waals surface area contributed by atoms with E-state index in [1.54, 1.807) is 21.0 Å². The number of carbonyl (C=O) groups excluding carboxylic acids is 1.